The molecule has 0 saturated heterocycles. The van der Waals surface area contributed by atoms with Gasteiger partial charge in [-0.25, -0.2) is 22.8 Å². The Bertz CT molecular complexity index is 1430. The first kappa shape index (κ1) is 25.2. The molecule has 0 amide bonds. The van der Waals surface area contributed by atoms with Gasteiger partial charge in [-0.05, 0) is 32.0 Å². The highest BCUT2D eigenvalue weighted by molar-refractivity contribution is 7.91. The molecule has 0 unspecified atom stereocenters. The lowest BCUT2D eigenvalue weighted by molar-refractivity contribution is 0.390. The molecule has 0 saturated carbocycles. The molecule has 11 nitrogen and oxygen atoms in total. The number of rotatable bonds is 10. The summed E-state index contributed by atoms with van der Waals surface area (Å²) >= 11 is 0. The van der Waals surface area contributed by atoms with Crippen molar-refractivity contribution < 1.29 is 22.3 Å². The van der Waals surface area contributed by atoms with Gasteiger partial charge in [0.15, 0.2) is 27.3 Å². The average molecular weight is 516 g/mol. The summed E-state index contributed by atoms with van der Waals surface area (Å²) < 4.78 is 54.4. The van der Waals surface area contributed by atoms with E-state index in [1.165, 1.54) is 14.2 Å². The third-order valence-corrected chi connectivity index (χ3v) is 7.69. The predicted octanol–water partition coefficient (Wildman–Crippen LogP) is 2.64. The summed E-state index contributed by atoms with van der Waals surface area (Å²) in [6.45, 7) is 4.15. The summed E-state index contributed by atoms with van der Waals surface area (Å²) in [7, 11) is -0.745. The van der Waals surface area contributed by atoms with E-state index in [0.29, 0.717) is 35.2 Å². The molecule has 13 heteroatoms. The zero-order valence-electron chi connectivity index (χ0n) is 20.3. The summed E-state index contributed by atoms with van der Waals surface area (Å²) in [5, 5.41) is 12.2. The van der Waals surface area contributed by atoms with Gasteiger partial charge >= 0.3 is 0 Å². The van der Waals surface area contributed by atoms with Gasteiger partial charge in [-0.2, -0.15) is 5.10 Å². The van der Waals surface area contributed by atoms with Crippen LogP contribution in [-0.2, 0) is 28.6 Å². The normalized spacial score (nSPS) is 12.5. The largest absolute Gasteiger partial charge is 0.494 e. The highest BCUT2D eigenvalue weighted by Crippen LogP contribution is 2.36. The molecule has 0 bridgehead atoms. The Morgan fingerprint density at radius 1 is 1.06 bits per heavy atom. The number of aryl methyl sites for hydroxylation is 1. The standard InChI is InChI=1S/C23H26FN7O4S/c1-5-30-10-9-17(29-30)23-28-27-21(31(23)22-18(34-3)7-6-8-19(22)35-4)14-36(32,33)15(2)11-20-25-12-16(24)13-26-20/h6-10,12-13,15H,5,11,14H2,1-4H3/t15-/m1/s1. The van der Waals surface area contributed by atoms with E-state index in [2.05, 4.69) is 25.3 Å². The Balaban J connectivity index is 1.79. The van der Waals surface area contributed by atoms with Crippen molar-refractivity contribution in [3.63, 3.8) is 0 Å². The number of hydrogen-bond acceptors (Lipinski definition) is 9. The van der Waals surface area contributed by atoms with E-state index in [0.717, 1.165) is 12.4 Å². The molecule has 0 fully saturated rings. The van der Waals surface area contributed by atoms with Crippen molar-refractivity contribution in [3.05, 3.63) is 60.3 Å². The number of nitrogens with zero attached hydrogens (tertiary/aromatic N) is 7. The first-order chi connectivity index (χ1) is 17.3. The molecule has 1 aromatic carbocycles. The number of hydrogen-bond donors (Lipinski definition) is 0. The van der Waals surface area contributed by atoms with E-state index in [1.807, 2.05) is 6.92 Å². The molecule has 3 heterocycles. The zero-order valence-corrected chi connectivity index (χ0v) is 21.1. The van der Waals surface area contributed by atoms with E-state index < -0.39 is 26.7 Å². The molecule has 3 aromatic heterocycles. The van der Waals surface area contributed by atoms with Gasteiger partial charge in [-0.3, -0.25) is 9.25 Å². The molecular weight excluding hydrogens is 489 g/mol. The third kappa shape index (κ3) is 5.05. The van der Waals surface area contributed by atoms with Crippen molar-refractivity contribution in [2.24, 2.45) is 0 Å². The van der Waals surface area contributed by atoms with Crippen LogP contribution >= 0.6 is 0 Å². The van der Waals surface area contributed by atoms with Crippen molar-refractivity contribution in [2.45, 2.75) is 37.8 Å². The zero-order chi connectivity index (χ0) is 25.9. The fourth-order valence-electron chi connectivity index (χ4n) is 3.67. The van der Waals surface area contributed by atoms with Crippen molar-refractivity contribution in [1.82, 2.24) is 34.5 Å². The van der Waals surface area contributed by atoms with Crippen LogP contribution in [0, 0.1) is 5.82 Å². The summed E-state index contributed by atoms with van der Waals surface area (Å²) in [5.74, 6) is 0.583. The van der Waals surface area contributed by atoms with Crippen LogP contribution in [0.4, 0.5) is 4.39 Å². The lowest BCUT2D eigenvalue weighted by Crippen LogP contribution is -2.24. The molecule has 0 aliphatic carbocycles. The van der Waals surface area contributed by atoms with Gasteiger partial charge in [-0.1, -0.05) is 6.07 Å². The van der Waals surface area contributed by atoms with Crippen LogP contribution in [0.15, 0.2) is 42.9 Å². The van der Waals surface area contributed by atoms with Crippen molar-refractivity contribution in [2.75, 3.05) is 14.2 Å². The molecule has 4 aromatic rings. The van der Waals surface area contributed by atoms with Crippen LogP contribution in [0.25, 0.3) is 17.2 Å². The average Bonchev–Trinajstić information content (AvgIpc) is 3.51. The molecule has 0 radical (unpaired) electrons. The minimum atomic E-state index is -3.76. The Kier molecular flexibility index (Phi) is 7.29. The van der Waals surface area contributed by atoms with E-state index >= 15 is 0 Å². The van der Waals surface area contributed by atoms with Gasteiger partial charge in [-0.15, -0.1) is 10.2 Å². The molecule has 36 heavy (non-hydrogen) atoms. The molecule has 0 N–H and O–H groups in total. The number of para-hydroxylation sites is 1. The molecular formula is C23H26FN7O4S. The maximum absolute atomic E-state index is 13.4. The maximum atomic E-state index is 13.4. The second-order valence-corrected chi connectivity index (χ2v) is 10.4. The summed E-state index contributed by atoms with van der Waals surface area (Å²) in [5.41, 5.74) is 0.960. The molecule has 0 aliphatic heterocycles. The van der Waals surface area contributed by atoms with Gasteiger partial charge < -0.3 is 9.47 Å². The maximum Gasteiger partial charge on any atom is 0.189 e. The van der Waals surface area contributed by atoms with E-state index in [-0.39, 0.29) is 18.1 Å². The Morgan fingerprint density at radius 2 is 1.72 bits per heavy atom. The lowest BCUT2D eigenvalue weighted by atomic mass is 10.2. The lowest BCUT2D eigenvalue weighted by Gasteiger charge is -2.18. The van der Waals surface area contributed by atoms with Crippen LogP contribution in [0.5, 0.6) is 11.5 Å². The minimum absolute atomic E-state index is 0.0164. The molecule has 190 valence electrons. The molecule has 0 aliphatic rings. The van der Waals surface area contributed by atoms with Crippen LogP contribution < -0.4 is 9.47 Å². The second-order valence-electron chi connectivity index (χ2n) is 7.98. The van der Waals surface area contributed by atoms with Gasteiger partial charge in [0.25, 0.3) is 0 Å². The van der Waals surface area contributed by atoms with Crippen LogP contribution in [0.2, 0.25) is 0 Å². The number of ether oxygens (including phenoxy) is 2. The van der Waals surface area contributed by atoms with Crippen molar-refractivity contribution in [3.8, 4) is 28.7 Å². The number of halogens is 1. The Labute approximate surface area is 207 Å². The van der Waals surface area contributed by atoms with Crippen molar-refractivity contribution >= 4 is 9.84 Å². The SMILES string of the molecule is CCn1ccc(-c2nnc(CS(=O)(=O)[C@H](C)Cc3ncc(F)cn3)n2-c2c(OC)cccc2OC)n1. The number of sulfone groups is 1. The summed E-state index contributed by atoms with van der Waals surface area (Å²) in [6.07, 6.45) is 3.83. The van der Waals surface area contributed by atoms with Gasteiger partial charge in [0.05, 0.1) is 31.9 Å². The topological polar surface area (TPSA) is 127 Å². The third-order valence-electron chi connectivity index (χ3n) is 5.64. The van der Waals surface area contributed by atoms with Crippen molar-refractivity contribution in [1.29, 1.82) is 0 Å². The first-order valence-electron chi connectivity index (χ1n) is 11.1. The fourth-order valence-corrected chi connectivity index (χ4v) is 4.90. The van der Waals surface area contributed by atoms with Crippen LogP contribution in [-0.4, -0.2) is 62.4 Å². The number of methoxy groups -OCH3 is 2. The first-order valence-corrected chi connectivity index (χ1v) is 12.9. The molecule has 0 spiro atoms. The summed E-state index contributed by atoms with van der Waals surface area (Å²) in [4.78, 5) is 7.75. The highest BCUT2D eigenvalue weighted by atomic mass is 32.2. The molecule has 1 atom stereocenters. The number of benzene rings is 1. The monoisotopic (exact) mass is 515 g/mol. The van der Waals surface area contributed by atoms with Gasteiger partial charge in [0.1, 0.15) is 34.5 Å². The molecule has 4 rings (SSSR count). The van der Waals surface area contributed by atoms with Crippen LogP contribution in [0.3, 0.4) is 0 Å². The quantitative estimate of drug-likeness (QED) is 0.313. The Hall–Kier alpha value is -3.87. The van der Waals surface area contributed by atoms with E-state index in [1.54, 1.807) is 46.6 Å². The van der Waals surface area contributed by atoms with Gasteiger partial charge in [0.2, 0.25) is 0 Å². The smallest absolute Gasteiger partial charge is 0.189 e. The highest BCUT2D eigenvalue weighted by Gasteiger charge is 2.29. The minimum Gasteiger partial charge on any atom is -0.494 e. The van der Waals surface area contributed by atoms with E-state index in [4.69, 9.17) is 9.47 Å². The fraction of sp³-hybridized carbons (Fsp3) is 0.348. The predicted molar refractivity (Wildman–Crippen MR) is 129 cm³/mol. The Morgan fingerprint density at radius 3 is 2.31 bits per heavy atom. The number of aromatic nitrogens is 7. The van der Waals surface area contributed by atoms with E-state index in [9.17, 15) is 12.8 Å². The van der Waals surface area contributed by atoms with Gasteiger partial charge in [0, 0.05) is 19.2 Å². The summed E-state index contributed by atoms with van der Waals surface area (Å²) in [6, 6.07) is 7.01. The van der Waals surface area contributed by atoms with Crippen LogP contribution in [0.1, 0.15) is 25.5 Å². The second kappa shape index (κ2) is 10.4.